The summed E-state index contributed by atoms with van der Waals surface area (Å²) in [5, 5.41) is 11.6. The second-order valence-corrected chi connectivity index (χ2v) is 4.72. The van der Waals surface area contributed by atoms with E-state index in [1.807, 2.05) is 48.5 Å². The lowest BCUT2D eigenvalue weighted by molar-refractivity contribution is -0.139. The SMILES string of the molecule is C=CCCC[C@H](C(=O)O)c1ccc2ccccc2c1. The molecule has 0 fully saturated rings. The minimum absolute atomic E-state index is 0.426. The maximum absolute atomic E-state index is 11.4. The molecular weight excluding hydrogens is 236 g/mol. The van der Waals surface area contributed by atoms with E-state index in [0.29, 0.717) is 6.42 Å². The summed E-state index contributed by atoms with van der Waals surface area (Å²) in [6.45, 7) is 3.67. The van der Waals surface area contributed by atoms with Crippen LogP contribution in [0.25, 0.3) is 10.8 Å². The molecule has 0 heterocycles. The molecular formula is C17H18O2. The molecule has 98 valence electrons. The van der Waals surface area contributed by atoms with E-state index in [-0.39, 0.29) is 0 Å². The van der Waals surface area contributed by atoms with Gasteiger partial charge in [0.15, 0.2) is 0 Å². The van der Waals surface area contributed by atoms with Gasteiger partial charge in [-0.25, -0.2) is 0 Å². The molecule has 2 aromatic rings. The Bertz CT molecular complexity index is 587. The number of allylic oxidation sites excluding steroid dienone is 1. The molecule has 0 spiro atoms. The molecule has 0 aliphatic carbocycles. The second-order valence-electron chi connectivity index (χ2n) is 4.72. The van der Waals surface area contributed by atoms with E-state index < -0.39 is 11.9 Å². The number of carbonyl (C=O) groups is 1. The van der Waals surface area contributed by atoms with Gasteiger partial charge in [0.05, 0.1) is 5.92 Å². The number of hydrogen-bond acceptors (Lipinski definition) is 1. The van der Waals surface area contributed by atoms with Crippen molar-refractivity contribution < 1.29 is 9.90 Å². The lowest BCUT2D eigenvalue weighted by atomic mass is 9.92. The first-order valence-electron chi connectivity index (χ1n) is 6.55. The van der Waals surface area contributed by atoms with Gasteiger partial charge in [0.25, 0.3) is 0 Å². The van der Waals surface area contributed by atoms with Gasteiger partial charge in [0.1, 0.15) is 0 Å². The quantitative estimate of drug-likeness (QED) is 0.614. The van der Waals surface area contributed by atoms with Crippen molar-refractivity contribution in [2.75, 3.05) is 0 Å². The van der Waals surface area contributed by atoms with E-state index in [2.05, 4.69) is 6.58 Å². The van der Waals surface area contributed by atoms with Crippen LogP contribution in [0, 0.1) is 0 Å². The molecule has 0 amide bonds. The third-order valence-electron chi connectivity index (χ3n) is 3.38. The molecule has 2 rings (SSSR count). The van der Waals surface area contributed by atoms with E-state index in [0.717, 1.165) is 29.2 Å². The molecule has 2 aromatic carbocycles. The van der Waals surface area contributed by atoms with Gasteiger partial charge >= 0.3 is 5.97 Å². The van der Waals surface area contributed by atoms with Crippen molar-refractivity contribution >= 4 is 16.7 Å². The summed E-state index contributed by atoms with van der Waals surface area (Å²) in [5.41, 5.74) is 0.885. The van der Waals surface area contributed by atoms with Crippen LogP contribution in [0.4, 0.5) is 0 Å². The number of carboxylic acids is 1. The summed E-state index contributed by atoms with van der Waals surface area (Å²) in [7, 11) is 0. The smallest absolute Gasteiger partial charge is 0.310 e. The highest BCUT2D eigenvalue weighted by molar-refractivity contribution is 5.85. The Hall–Kier alpha value is -2.09. The predicted octanol–water partition coefficient (Wildman–Crippen LogP) is 4.36. The average Bonchev–Trinajstić information content (AvgIpc) is 2.43. The van der Waals surface area contributed by atoms with Crippen LogP contribution in [0.15, 0.2) is 55.1 Å². The van der Waals surface area contributed by atoms with Crippen LogP contribution in [0.5, 0.6) is 0 Å². The van der Waals surface area contributed by atoms with Crippen LogP contribution in [-0.2, 0) is 4.79 Å². The van der Waals surface area contributed by atoms with E-state index in [1.165, 1.54) is 0 Å². The first-order chi connectivity index (χ1) is 9.22. The number of benzene rings is 2. The standard InChI is InChI=1S/C17H18O2/c1-2-3-4-9-16(17(18)19)15-11-10-13-7-5-6-8-14(13)12-15/h2,5-8,10-12,16H,1,3-4,9H2,(H,18,19)/t16-/m0/s1. The summed E-state index contributed by atoms with van der Waals surface area (Å²) in [6.07, 6.45) is 4.20. The molecule has 2 nitrogen and oxygen atoms in total. The van der Waals surface area contributed by atoms with E-state index in [4.69, 9.17) is 0 Å². The fourth-order valence-corrected chi connectivity index (χ4v) is 2.32. The van der Waals surface area contributed by atoms with E-state index in [1.54, 1.807) is 0 Å². The van der Waals surface area contributed by atoms with Crippen molar-refractivity contribution in [2.45, 2.75) is 25.2 Å². The molecule has 0 bridgehead atoms. The summed E-state index contributed by atoms with van der Waals surface area (Å²) in [4.78, 5) is 11.4. The number of carboxylic acid groups (broad SMARTS) is 1. The van der Waals surface area contributed by atoms with E-state index >= 15 is 0 Å². The predicted molar refractivity (Wildman–Crippen MR) is 78.4 cm³/mol. The Kier molecular flexibility index (Phi) is 4.35. The third-order valence-corrected chi connectivity index (χ3v) is 3.38. The fourth-order valence-electron chi connectivity index (χ4n) is 2.32. The molecule has 0 radical (unpaired) electrons. The van der Waals surface area contributed by atoms with E-state index in [9.17, 15) is 9.90 Å². The highest BCUT2D eigenvalue weighted by atomic mass is 16.4. The van der Waals surface area contributed by atoms with Gasteiger partial charge in [-0.1, -0.05) is 48.5 Å². The first kappa shape index (κ1) is 13.3. The van der Waals surface area contributed by atoms with Crippen LogP contribution in [0.2, 0.25) is 0 Å². The zero-order chi connectivity index (χ0) is 13.7. The van der Waals surface area contributed by atoms with Crippen molar-refractivity contribution in [1.29, 1.82) is 0 Å². The maximum Gasteiger partial charge on any atom is 0.310 e. The zero-order valence-corrected chi connectivity index (χ0v) is 10.9. The molecule has 0 unspecified atom stereocenters. The summed E-state index contributed by atoms with van der Waals surface area (Å²) < 4.78 is 0. The fraction of sp³-hybridized carbons (Fsp3) is 0.235. The molecule has 2 heteroatoms. The molecule has 0 aliphatic heterocycles. The first-order valence-corrected chi connectivity index (χ1v) is 6.55. The Morgan fingerprint density at radius 2 is 1.95 bits per heavy atom. The largest absolute Gasteiger partial charge is 0.481 e. The van der Waals surface area contributed by atoms with Gasteiger partial charge in [0, 0.05) is 0 Å². The molecule has 0 aliphatic rings. The van der Waals surface area contributed by atoms with Crippen LogP contribution >= 0.6 is 0 Å². The van der Waals surface area contributed by atoms with Gasteiger partial charge in [0.2, 0.25) is 0 Å². The number of unbranched alkanes of at least 4 members (excludes halogenated alkanes) is 1. The normalized spacial score (nSPS) is 12.2. The molecule has 0 saturated carbocycles. The maximum atomic E-state index is 11.4. The highest BCUT2D eigenvalue weighted by Gasteiger charge is 2.19. The number of rotatable bonds is 6. The summed E-state index contributed by atoms with van der Waals surface area (Å²) in [6, 6.07) is 13.9. The highest BCUT2D eigenvalue weighted by Crippen LogP contribution is 2.26. The third kappa shape index (κ3) is 3.22. The molecule has 0 aromatic heterocycles. The minimum atomic E-state index is -0.751. The molecule has 1 atom stereocenters. The Morgan fingerprint density at radius 1 is 1.21 bits per heavy atom. The van der Waals surface area contributed by atoms with Crippen molar-refractivity contribution in [3.05, 3.63) is 60.7 Å². The Morgan fingerprint density at radius 3 is 2.63 bits per heavy atom. The Labute approximate surface area is 113 Å². The monoisotopic (exact) mass is 254 g/mol. The van der Waals surface area contributed by atoms with Gasteiger partial charge in [-0.15, -0.1) is 6.58 Å². The number of hydrogen-bond donors (Lipinski definition) is 1. The van der Waals surface area contributed by atoms with Crippen molar-refractivity contribution in [3.8, 4) is 0 Å². The average molecular weight is 254 g/mol. The van der Waals surface area contributed by atoms with Crippen LogP contribution in [-0.4, -0.2) is 11.1 Å². The topological polar surface area (TPSA) is 37.3 Å². The second kappa shape index (κ2) is 6.19. The van der Waals surface area contributed by atoms with Crippen molar-refractivity contribution in [1.82, 2.24) is 0 Å². The summed E-state index contributed by atoms with van der Waals surface area (Å²) in [5.74, 6) is -1.18. The lowest BCUT2D eigenvalue weighted by Gasteiger charge is -2.13. The van der Waals surface area contributed by atoms with Crippen LogP contribution in [0.1, 0.15) is 30.7 Å². The number of aliphatic carboxylic acids is 1. The molecule has 1 N–H and O–H groups in total. The summed E-state index contributed by atoms with van der Waals surface area (Å²) >= 11 is 0. The zero-order valence-electron chi connectivity index (χ0n) is 10.9. The van der Waals surface area contributed by atoms with Gasteiger partial charge in [-0.05, 0) is 35.6 Å². The Balaban J connectivity index is 2.27. The van der Waals surface area contributed by atoms with Gasteiger partial charge < -0.3 is 5.11 Å². The van der Waals surface area contributed by atoms with Crippen molar-refractivity contribution in [2.24, 2.45) is 0 Å². The van der Waals surface area contributed by atoms with Crippen LogP contribution < -0.4 is 0 Å². The number of fused-ring (bicyclic) bond motifs is 1. The minimum Gasteiger partial charge on any atom is -0.481 e. The van der Waals surface area contributed by atoms with Gasteiger partial charge in [-0.3, -0.25) is 4.79 Å². The van der Waals surface area contributed by atoms with Crippen LogP contribution in [0.3, 0.4) is 0 Å². The van der Waals surface area contributed by atoms with Gasteiger partial charge in [-0.2, -0.15) is 0 Å². The van der Waals surface area contributed by atoms with Crippen molar-refractivity contribution in [3.63, 3.8) is 0 Å². The molecule has 19 heavy (non-hydrogen) atoms. The molecule has 0 saturated heterocycles. The lowest BCUT2D eigenvalue weighted by Crippen LogP contribution is -2.11.